The van der Waals surface area contributed by atoms with Crippen LogP contribution in [0.4, 0.5) is 16.2 Å². The molecule has 4 aromatic rings. The fourth-order valence-corrected chi connectivity index (χ4v) is 3.31. The van der Waals surface area contributed by atoms with E-state index in [1.807, 2.05) is 52.0 Å². The van der Waals surface area contributed by atoms with Gasteiger partial charge in [0.05, 0.1) is 5.69 Å². The molecule has 0 unspecified atom stereocenters. The summed E-state index contributed by atoms with van der Waals surface area (Å²) in [6.45, 7) is 7.87. The van der Waals surface area contributed by atoms with Crippen LogP contribution in [-0.4, -0.2) is 26.0 Å². The summed E-state index contributed by atoms with van der Waals surface area (Å²) in [6.07, 6.45) is 0. The van der Waals surface area contributed by atoms with E-state index in [1.165, 1.54) is 0 Å². The molecule has 0 aliphatic rings. The lowest BCUT2D eigenvalue weighted by molar-refractivity contribution is 0.262. The predicted molar refractivity (Wildman–Crippen MR) is 124 cm³/mol. The third-order valence-corrected chi connectivity index (χ3v) is 4.82. The van der Waals surface area contributed by atoms with E-state index >= 15 is 0 Å². The van der Waals surface area contributed by atoms with Gasteiger partial charge in [0.15, 0.2) is 5.82 Å². The van der Waals surface area contributed by atoms with Gasteiger partial charge in [-0.15, -0.1) is 10.2 Å². The molecular formula is C24H24N6O2. The summed E-state index contributed by atoms with van der Waals surface area (Å²) in [5.74, 6) is 1.57. The van der Waals surface area contributed by atoms with Crippen molar-refractivity contribution in [2.45, 2.75) is 27.7 Å². The standard InChI is InChI=1S/C24H24N6O2/c1-15-5-10-21(16(2)13-15)26-24(31)25-19-6-8-20(9-7-19)32-23-12-11-22(27-28-23)30-18(4)14-17(3)29-30/h5-14H,1-4H3,(H2,25,26,31). The Bertz CT molecular complexity index is 1250. The van der Waals surface area contributed by atoms with Gasteiger partial charge in [0.2, 0.25) is 5.88 Å². The topological polar surface area (TPSA) is 94.0 Å². The van der Waals surface area contributed by atoms with Crippen LogP contribution in [0, 0.1) is 27.7 Å². The van der Waals surface area contributed by atoms with E-state index < -0.39 is 0 Å². The number of carbonyl (C=O) groups excluding carboxylic acids is 1. The van der Waals surface area contributed by atoms with Gasteiger partial charge in [-0.2, -0.15) is 5.10 Å². The van der Waals surface area contributed by atoms with Crippen LogP contribution in [0.3, 0.4) is 0 Å². The zero-order valence-corrected chi connectivity index (χ0v) is 18.4. The zero-order chi connectivity index (χ0) is 22.7. The third kappa shape index (κ3) is 4.92. The van der Waals surface area contributed by atoms with Gasteiger partial charge in [0.1, 0.15) is 5.75 Å². The SMILES string of the molecule is Cc1ccc(NC(=O)Nc2ccc(Oc3ccc(-n4nc(C)cc4C)nn3)cc2)c(C)c1. The molecule has 0 radical (unpaired) electrons. The maximum Gasteiger partial charge on any atom is 0.323 e. The molecular weight excluding hydrogens is 404 g/mol. The number of hydrogen-bond acceptors (Lipinski definition) is 5. The van der Waals surface area contributed by atoms with Gasteiger partial charge >= 0.3 is 6.03 Å². The van der Waals surface area contributed by atoms with Gasteiger partial charge < -0.3 is 15.4 Å². The highest BCUT2D eigenvalue weighted by atomic mass is 16.5. The predicted octanol–water partition coefficient (Wildman–Crippen LogP) is 5.33. The number of aryl methyl sites for hydroxylation is 4. The number of rotatable bonds is 5. The maximum absolute atomic E-state index is 12.3. The number of anilines is 2. The first kappa shape index (κ1) is 21.0. The Hall–Kier alpha value is -4.20. The molecule has 0 saturated carbocycles. The summed E-state index contributed by atoms with van der Waals surface area (Å²) in [4.78, 5) is 12.3. The Morgan fingerprint density at radius 3 is 2.28 bits per heavy atom. The molecule has 2 aromatic heterocycles. The van der Waals surface area contributed by atoms with E-state index in [1.54, 1.807) is 41.1 Å². The largest absolute Gasteiger partial charge is 0.438 e. The quantitative estimate of drug-likeness (QED) is 0.448. The van der Waals surface area contributed by atoms with E-state index in [4.69, 9.17) is 4.74 Å². The molecule has 4 rings (SSSR count). The molecule has 2 N–H and O–H groups in total. The van der Waals surface area contributed by atoms with Crippen LogP contribution in [0.2, 0.25) is 0 Å². The van der Waals surface area contributed by atoms with Crippen molar-refractivity contribution in [3.63, 3.8) is 0 Å². The summed E-state index contributed by atoms with van der Waals surface area (Å²) in [5.41, 5.74) is 5.47. The van der Waals surface area contributed by atoms with E-state index in [0.717, 1.165) is 28.2 Å². The highest BCUT2D eigenvalue weighted by Crippen LogP contribution is 2.22. The van der Waals surface area contributed by atoms with Crippen molar-refractivity contribution in [2.75, 3.05) is 10.6 Å². The second kappa shape index (κ2) is 8.89. The number of hydrogen-bond donors (Lipinski definition) is 2. The number of urea groups is 1. The summed E-state index contributed by atoms with van der Waals surface area (Å²) < 4.78 is 7.49. The number of ether oxygens (including phenoxy) is 1. The lowest BCUT2D eigenvalue weighted by Crippen LogP contribution is -2.19. The normalized spacial score (nSPS) is 10.6. The molecule has 0 saturated heterocycles. The minimum atomic E-state index is -0.309. The average molecular weight is 428 g/mol. The first-order chi connectivity index (χ1) is 15.4. The van der Waals surface area contributed by atoms with Crippen molar-refractivity contribution < 1.29 is 9.53 Å². The van der Waals surface area contributed by atoms with Crippen molar-refractivity contribution >= 4 is 17.4 Å². The van der Waals surface area contributed by atoms with Gasteiger partial charge in [-0.3, -0.25) is 0 Å². The number of nitrogens with one attached hydrogen (secondary N) is 2. The van der Waals surface area contributed by atoms with Crippen LogP contribution < -0.4 is 15.4 Å². The molecule has 8 nitrogen and oxygen atoms in total. The van der Waals surface area contributed by atoms with Crippen LogP contribution in [0.15, 0.2) is 60.7 Å². The molecule has 2 aromatic carbocycles. The Morgan fingerprint density at radius 2 is 1.66 bits per heavy atom. The number of aromatic nitrogens is 4. The zero-order valence-electron chi connectivity index (χ0n) is 18.4. The van der Waals surface area contributed by atoms with Crippen LogP contribution in [0.25, 0.3) is 5.82 Å². The van der Waals surface area contributed by atoms with Gasteiger partial charge in [0.25, 0.3) is 0 Å². The Balaban J connectivity index is 1.36. The van der Waals surface area contributed by atoms with E-state index in [-0.39, 0.29) is 6.03 Å². The Kier molecular flexibility index (Phi) is 5.85. The molecule has 0 aliphatic heterocycles. The molecule has 32 heavy (non-hydrogen) atoms. The Labute approximate surface area is 186 Å². The molecule has 0 atom stereocenters. The fraction of sp³-hybridized carbons (Fsp3) is 0.167. The summed E-state index contributed by atoms with van der Waals surface area (Å²) in [5, 5.41) is 18.4. The third-order valence-electron chi connectivity index (χ3n) is 4.82. The lowest BCUT2D eigenvalue weighted by Gasteiger charge is -2.11. The van der Waals surface area contributed by atoms with E-state index in [0.29, 0.717) is 23.1 Å². The Morgan fingerprint density at radius 1 is 0.875 bits per heavy atom. The van der Waals surface area contributed by atoms with Crippen molar-refractivity contribution in [3.8, 4) is 17.4 Å². The molecule has 8 heteroatoms. The van der Waals surface area contributed by atoms with Gasteiger partial charge in [-0.05, 0) is 75.7 Å². The summed E-state index contributed by atoms with van der Waals surface area (Å²) in [7, 11) is 0. The molecule has 162 valence electrons. The average Bonchev–Trinajstić information content (AvgIpc) is 3.10. The van der Waals surface area contributed by atoms with Crippen molar-refractivity contribution in [2.24, 2.45) is 0 Å². The number of nitrogens with zero attached hydrogens (tertiary/aromatic N) is 4. The first-order valence-corrected chi connectivity index (χ1v) is 10.2. The number of carbonyl (C=O) groups is 1. The van der Waals surface area contributed by atoms with Crippen LogP contribution in [-0.2, 0) is 0 Å². The highest BCUT2D eigenvalue weighted by molar-refractivity contribution is 6.00. The molecule has 0 fully saturated rings. The maximum atomic E-state index is 12.3. The molecule has 2 heterocycles. The second-order valence-electron chi connectivity index (χ2n) is 7.59. The number of benzene rings is 2. The van der Waals surface area contributed by atoms with Crippen molar-refractivity contribution in [1.82, 2.24) is 20.0 Å². The van der Waals surface area contributed by atoms with Gasteiger partial charge in [-0.1, -0.05) is 17.7 Å². The minimum absolute atomic E-state index is 0.309. The molecule has 0 aliphatic carbocycles. The smallest absolute Gasteiger partial charge is 0.323 e. The van der Waals surface area contributed by atoms with Crippen molar-refractivity contribution in [3.05, 3.63) is 83.2 Å². The molecule has 2 amide bonds. The van der Waals surface area contributed by atoms with E-state index in [2.05, 4.69) is 25.9 Å². The van der Waals surface area contributed by atoms with Gasteiger partial charge in [0, 0.05) is 23.1 Å². The second-order valence-corrected chi connectivity index (χ2v) is 7.59. The van der Waals surface area contributed by atoms with Crippen molar-refractivity contribution in [1.29, 1.82) is 0 Å². The number of amides is 2. The van der Waals surface area contributed by atoms with Crippen LogP contribution >= 0.6 is 0 Å². The fourth-order valence-electron chi connectivity index (χ4n) is 3.31. The molecule has 0 spiro atoms. The lowest BCUT2D eigenvalue weighted by atomic mass is 10.1. The monoisotopic (exact) mass is 428 g/mol. The first-order valence-electron chi connectivity index (χ1n) is 10.2. The molecule has 0 bridgehead atoms. The van der Waals surface area contributed by atoms with Crippen LogP contribution in [0.1, 0.15) is 22.5 Å². The summed E-state index contributed by atoms with van der Waals surface area (Å²) >= 11 is 0. The van der Waals surface area contributed by atoms with E-state index in [9.17, 15) is 4.79 Å². The van der Waals surface area contributed by atoms with Crippen LogP contribution in [0.5, 0.6) is 11.6 Å². The minimum Gasteiger partial charge on any atom is -0.438 e. The summed E-state index contributed by atoms with van der Waals surface area (Å²) in [6, 6.07) is 18.1. The van der Waals surface area contributed by atoms with Gasteiger partial charge in [-0.25, -0.2) is 9.48 Å². The highest BCUT2D eigenvalue weighted by Gasteiger charge is 2.08.